The Hall–Kier alpha value is -1.16. The Bertz CT molecular complexity index is 347. The molecular weight excluding hydrogens is 275 g/mol. The molecule has 0 aliphatic rings. The van der Waals surface area contributed by atoms with Gasteiger partial charge >= 0.3 is 6.08 Å². The molecular formula is C12H18F3N3S. The molecule has 108 valence electrons. The van der Waals surface area contributed by atoms with Crippen molar-refractivity contribution in [2.75, 3.05) is 12.3 Å². The van der Waals surface area contributed by atoms with Gasteiger partial charge in [0.05, 0.1) is 0 Å². The molecule has 0 spiro atoms. The van der Waals surface area contributed by atoms with Crippen LogP contribution in [0.25, 0.3) is 0 Å². The van der Waals surface area contributed by atoms with Crippen LogP contribution in [0.3, 0.4) is 0 Å². The van der Waals surface area contributed by atoms with Gasteiger partial charge in [0.1, 0.15) is 0 Å². The van der Waals surface area contributed by atoms with E-state index < -0.39 is 11.9 Å². The molecule has 0 aromatic carbocycles. The minimum atomic E-state index is -2.29. The lowest BCUT2D eigenvalue weighted by Crippen LogP contribution is -2.15. The lowest BCUT2D eigenvalue weighted by molar-refractivity contribution is 0.373. The summed E-state index contributed by atoms with van der Waals surface area (Å²) >= 11 is 1.06. The van der Waals surface area contributed by atoms with Crippen LogP contribution in [0, 0.1) is 11.5 Å². The summed E-state index contributed by atoms with van der Waals surface area (Å²) < 4.78 is 36.2. The molecule has 0 radical (unpaired) electrons. The zero-order valence-corrected chi connectivity index (χ0v) is 11.7. The molecule has 0 saturated carbocycles. The van der Waals surface area contributed by atoms with Gasteiger partial charge in [-0.15, -0.1) is 0 Å². The van der Waals surface area contributed by atoms with Crippen molar-refractivity contribution in [3.05, 3.63) is 11.9 Å². The Balaban J connectivity index is 4.01. The molecule has 0 unspecified atom stereocenters. The molecule has 0 saturated heterocycles. The minimum absolute atomic E-state index is 0.117. The first-order valence-corrected chi connectivity index (χ1v) is 7.12. The van der Waals surface area contributed by atoms with Gasteiger partial charge in [-0.1, -0.05) is 37.9 Å². The van der Waals surface area contributed by atoms with Crippen molar-refractivity contribution in [2.24, 2.45) is 4.99 Å². The van der Waals surface area contributed by atoms with Gasteiger partial charge in [-0.3, -0.25) is 10.3 Å². The molecule has 0 fully saturated rings. The predicted octanol–water partition coefficient (Wildman–Crippen LogP) is 4.19. The van der Waals surface area contributed by atoms with E-state index in [1.165, 1.54) is 0 Å². The van der Waals surface area contributed by atoms with Crippen LogP contribution in [0.1, 0.15) is 39.0 Å². The number of halogens is 3. The fourth-order valence-electron chi connectivity index (χ4n) is 1.22. The number of nitriles is 1. The van der Waals surface area contributed by atoms with E-state index in [-0.39, 0.29) is 12.2 Å². The van der Waals surface area contributed by atoms with Gasteiger partial charge in [0.15, 0.2) is 17.2 Å². The second-order valence-electron chi connectivity index (χ2n) is 3.75. The highest BCUT2D eigenvalue weighted by atomic mass is 32.2. The maximum atomic E-state index is 12.5. The van der Waals surface area contributed by atoms with Gasteiger partial charge in [0, 0.05) is 18.7 Å². The van der Waals surface area contributed by atoms with Crippen molar-refractivity contribution in [3.63, 3.8) is 0 Å². The molecule has 0 rings (SSSR count). The van der Waals surface area contributed by atoms with E-state index in [1.54, 1.807) is 6.19 Å². The molecule has 3 nitrogen and oxygen atoms in total. The molecule has 0 aliphatic heterocycles. The van der Waals surface area contributed by atoms with Crippen molar-refractivity contribution in [1.82, 2.24) is 5.32 Å². The summed E-state index contributed by atoms with van der Waals surface area (Å²) in [7, 11) is 0. The number of unbranched alkanes of at least 4 members (excludes halogenated alkanes) is 3. The molecule has 0 aromatic rings. The Kier molecular flexibility index (Phi) is 11.2. The normalized spacial score (nSPS) is 11.0. The Labute approximate surface area is 116 Å². The average Bonchev–Trinajstić information content (AvgIpc) is 2.38. The zero-order chi connectivity index (χ0) is 14.5. The van der Waals surface area contributed by atoms with Gasteiger partial charge in [0.25, 0.3) is 0 Å². The van der Waals surface area contributed by atoms with Gasteiger partial charge in [-0.2, -0.15) is 14.0 Å². The SMILES string of the molecule is CCCCCCN=C(NC#N)SCCC(F)=C(F)F. The minimum Gasteiger partial charge on any atom is -0.272 e. The third-order valence-corrected chi connectivity index (χ3v) is 3.11. The molecule has 7 heteroatoms. The van der Waals surface area contributed by atoms with Gasteiger partial charge in [-0.05, 0) is 6.42 Å². The fraction of sp³-hybridized carbons (Fsp3) is 0.667. The molecule has 0 amide bonds. The van der Waals surface area contributed by atoms with Crippen molar-refractivity contribution in [2.45, 2.75) is 39.0 Å². The van der Waals surface area contributed by atoms with E-state index in [2.05, 4.69) is 17.2 Å². The number of nitrogens with one attached hydrogen (secondary N) is 1. The first-order valence-electron chi connectivity index (χ1n) is 6.13. The summed E-state index contributed by atoms with van der Waals surface area (Å²) in [6, 6.07) is 0. The van der Waals surface area contributed by atoms with Gasteiger partial charge < -0.3 is 0 Å². The van der Waals surface area contributed by atoms with E-state index in [0.29, 0.717) is 11.7 Å². The van der Waals surface area contributed by atoms with Crippen LogP contribution in [0.5, 0.6) is 0 Å². The van der Waals surface area contributed by atoms with Crippen molar-refractivity contribution < 1.29 is 13.2 Å². The lowest BCUT2D eigenvalue weighted by atomic mass is 10.2. The highest BCUT2D eigenvalue weighted by Gasteiger charge is 2.06. The topological polar surface area (TPSA) is 48.2 Å². The third-order valence-electron chi connectivity index (χ3n) is 2.20. The number of allylic oxidation sites excluding steroid dienone is 1. The molecule has 0 aromatic heterocycles. The van der Waals surface area contributed by atoms with E-state index in [9.17, 15) is 13.2 Å². The number of hydrogen-bond acceptors (Lipinski definition) is 3. The number of hydrogen-bond donors (Lipinski definition) is 1. The smallest absolute Gasteiger partial charge is 0.272 e. The fourth-order valence-corrected chi connectivity index (χ4v) is 2.00. The average molecular weight is 293 g/mol. The summed E-state index contributed by atoms with van der Waals surface area (Å²) in [6.45, 7) is 2.68. The molecule has 0 atom stereocenters. The van der Waals surface area contributed by atoms with Crippen LogP contribution in [-0.2, 0) is 0 Å². The van der Waals surface area contributed by atoms with Crippen molar-refractivity contribution in [3.8, 4) is 6.19 Å². The second-order valence-corrected chi connectivity index (χ2v) is 4.83. The Morgan fingerprint density at radius 1 is 1.26 bits per heavy atom. The molecule has 0 aliphatic carbocycles. The van der Waals surface area contributed by atoms with Crippen LogP contribution in [0.4, 0.5) is 13.2 Å². The van der Waals surface area contributed by atoms with Gasteiger partial charge in [-0.25, -0.2) is 4.39 Å². The number of rotatable bonds is 8. The third kappa shape index (κ3) is 10.4. The highest BCUT2D eigenvalue weighted by molar-refractivity contribution is 8.13. The zero-order valence-electron chi connectivity index (χ0n) is 10.9. The van der Waals surface area contributed by atoms with E-state index in [1.807, 2.05) is 0 Å². The maximum Gasteiger partial charge on any atom is 0.301 e. The Morgan fingerprint density at radius 2 is 2.00 bits per heavy atom. The Morgan fingerprint density at radius 3 is 2.58 bits per heavy atom. The van der Waals surface area contributed by atoms with Crippen LogP contribution < -0.4 is 5.32 Å². The van der Waals surface area contributed by atoms with Crippen LogP contribution in [0.15, 0.2) is 16.9 Å². The van der Waals surface area contributed by atoms with E-state index in [0.717, 1.165) is 37.4 Å². The number of amidine groups is 1. The van der Waals surface area contributed by atoms with E-state index >= 15 is 0 Å². The molecule has 0 bridgehead atoms. The predicted molar refractivity (Wildman–Crippen MR) is 72.6 cm³/mol. The number of thioether (sulfide) groups is 1. The highest BCUT2D eigenvalue weighted by Crippen LogP contribution is 2.16. The maximum absolute atomic E-state index is 12.5. The quantitative estimate of drug-likeness (QED) is 0.240. The van der Waals surface area contributed by atoms with Crippen LogP contribution in [0.2, 0.25) is 0 Å². The summed E-state index contributed by atoms with van der Waals surface area (Å²) in [6.07, 6.45) is 3.31. The van der Waals surface area contributed by atoms with E-state index in [4.69, 9.17) is 5.26 Å². The molecule has 19 heavy (non-hydrogen) atoms. The van der Waals surface area contributed by atoms with Crippen molar-refractivity contribution in [1.29, 1.82) is 5.26 Å². The largest absolute Gasteiger partial charge is 0.301 e. The second kappa shape index (κ2) is 11.9. The van der Waals surface area contributed by atoms with Crippen molar-refractivity contribution >= 4 is 16.9 Å². The summed E-state index contributed by atoms with van der Waals surface area (Å²) in [5, 5.41) is 11.2. The molecule has 1 N–H and O–H groups in total. The summed E-state index contributed by atoms with van der Waals surface area (Å²) in [5.41, 5.74) is 0. The molecule has 0 heterocycles. The monoisotopic (exact) mass is 293 g/mol. The van der Waals surface area contributed by atoms with Crippen LogP contribution >= 0.6 is 11.8 Å². The standard InChI is InChI=1S/C12H18F3N3S/c1-2-3-4-5-7-17-12(18-9-16)19-8-6-10(13)11(14)15/h2-8H2,1H3,(H,17,18). The first kappa shape index (κ1) is 17.8. The number of aliphatic imine (C=N–C) groups is 1. The summed E-state index contributed by atoms with van der Waals surface area (Å²) in [5.74, 6) is -1.29. The van der Waals surface area contributed by atoms with Gasteiger partial charge in [0.2, 0.25) is 0 Å². The summed E-state index contributed by atoms with van der Waals surface area (Å²) in [4.78, 5) is 4.15. The number of nitrogens with zero attached hydrogens (tertiary/aromatic N) is 2. The van der Waals surface area contributed by atoms with Crippen LogP contribution in [-0.4, -0.2) is 17.5 Å². The lowest BCUT2D eigenvalue weighted by Gasteiger charge is -2.03. The first-order chi connectivity index (χ1) is 9.11.